The minimum absolute atomic E-state index is 0.289. The maximum Gasteiger partial charge on any atom is 0.308 e. The van der Waals surface area contributed by atoms with Gasteiger partial charge in [0.05, 0.1) is 5.92 Å². The van der Waals surface area contributed by atoms with E-state index in [1.165, 1.54) is 27.7 Å². The Bertz CT molecular complexity index is 1200. The molecular weight excluding hydrogens is 556 g/mol. The molecular formula is C33H48O10. The van der Waals surface area contributed by atoms with E-state index in [-0.39, 0.29) is 18.3 Å². The second-order valence-corrected chi connectivity index (χ2v) is 13.3. The highest BCUT2D eigenvalue weighted by Gasteiger charge is 2.65. The molecule has 0 aromatic heterocycles. The van der Waals surface area contributed by atoms with Crippen molar-refractivity contribution in [2.45, 2.75) is 125 Å². The molecule has 0 unspecified atom stereocenters. The minimum atomic E-state index is -0.997. The summed E-state index contributed by atoms with van der Waals surface area (Å²) < 4.78 is 30.2. The molecule has 0 heterocycles. The number of hydrogen-bond acceptors (Lipinski definition) is 10. The topological polar surface area (TPSA) is 132 Å². The second-order valence-electron chi connectivity index (χ2n) is 13.3. The van der Waals surface area contributed by atoms with Crippen molar-refractivity contribution in [3.05, 3.63) is 23.3 Å². The van der Waals surface area contributed by atoms with Crippen molar-refractivity contribution in [3.63, 3.8) is 0 Å². The number of carbonyl (C=O) groups is 5. The van der Waals surface area contributed by atoms with Crippen molar-refractivity contribution >= 4 is 29.8 Å². The highest BCUT2D eigenvalue weighted by molar-refractivity contribution is 5.72. The Morgan fingerprint density at radius 2 is 1.44 bits per heavy atom. The van der Waals surface area contributed by atoms with Gasteiger partial charge in [-0.15, -0.1) is 0 Å². The van der Waals surface area contributed by atoms with Crippen molar-refractivity contribution in [1.29, 1.82) is 0 Å². The molecule has 10 nitrogen and oxygen atoms in total. The molecule has 9 atom stereocenters. The third-order valence-corrected chi connectivity index (χ3v) is 9.73. The molecule has 0 amide bonds. The van der Waals surface area contributed by atoms with E-state index in [0.29, 0.717) is 24.8 Å². The normalized spacial score (nSPS) is 34.0. The Balaban J connectivity index is 2.42. The maximum absolute atomic E-state index is 13.2. The Morgan fingerprint density at radius 1 is 0.884 bits per heavy atom. The summed E-state index contributed by atoms with van der Waals surface area (Å²) in [6, 6.07) is 0. The van der Waals surface area contributed by atoms with Gasteiger partial charge in [0.1, 0.15) is 24.4 Å². The third kappa shape index (κ3) is 6.68. The van der Waals surface area contributed by atoms with E-state index < -0.39 is 77.1 Å². The highest BCUT2D eigenvalue weighted by atomic mass is 16.6. The highest BCUT2D eigenvalue weighted by Crippen LogP contribution is 2.61. The smallest absolute Gasteiger partial charge is 0.308 e. The maximum atomic E-state index is 13.2. The van der Waals surface area contributed by atoms with E-state index in [4.69, 9.17) is 23.7 Å². The van der Waals surface area contributed by atoms with Gasteiger partial charge in [-0.25, -0.2) is 0 Å². The predicted octanol–water partition coefficient (Wildman–Crippen LogP) is 5.02. The van der Waals surface area contributed by atoms with Crippen molar-refractivity contribution < 1.29 is 47.7 Å². The first-order valence-corrected chi connectivity index (χ1v) is 15.1. The van der Waals surface area contributed by atoms with Crippen LogP contribution >= 0.6 is 0 Å². The van der Waals surface area contributed by atoms with Crippen LogP contribution in [0.4, 0.5) is 0 Å². The van der Waals surface area contributed by atoms with E-state index in [9.17, 15) is 24.0 Å². The van der Waals surface area contributed by atoms with Crippen molar-refractivity contribution in [3.8, 4) is 0 Å². The zero-order valence-electron chi connectivity index (χ0n) is 27.2. The number of fused-ring (bicyclic) bond motifs is 3. The van der Waals surface area contributed by atoms with Gasteiger partial charge < -0.3 is 23.7 Å². The van der Waals surface area contributed by atoms with Crippen LogP contribution in [0.25, 0.3) is 0 Å². The van der Waals surface area contributed by atoms with Crippen LogP contribution in [0.3, 0.4) is 0 Å². The molecule has 2 bridgehead atoms. The summed E-state index contributed by atoms with van der Waals surface area (Å²) in [5, 5.41) is 0. The summed E-state index contributed by atoms with van der Waals surface area (Å²) in [7, 11) is 0. The van der Waals surface area contributed by atoms with Gasteiger partial charge in [-0.1, -0.05) is 46.8 Å². The van der Waals surface area contributed by atoms with Crippen LogP contribution in [0, 0.1) is 28.6 Å². The van der Waals surface area contributed by atoms with Gasteiger partial charge in [-0.05, 0) is 42.7 Å². The van der Waals surface area contributed by atoms with Gasteiger partial charge in [0.25, 0.3) is 0 Å². The molecule has 2 saturated carbocycles. The van der Waals surface area contributed by atoms with Gasteiger partial charge in [0.15, 0.2) is 6.10 Å². The number of esters is 5. The summed E-state index contributed by atoms with van der Waals surface area (Å²) in [4.78, 5) is 63.5. The van der Waals surface area contributed by atoms with Gasteiger partial charge in [-0.3, -0.25) is 24.0 Å². The van der Waals surface area contributed by atoms with Crippen molar-refractivity contribution in [1.82, 2.24) is 0 Å². The SMILES string of the molecule is C=C1[C@@H](OC(C)=O)CC[C@@]2(C)[C@@H](OC(C)=O)[C@H](OC(C)=O)C3=C(C)C[C@H](OC(=O)[C@H](C)CC)[C@@H]([C@@H](OC(C)=O)[C@H]12)C3(C)C. The van der Waals surface area contributed by atoms with E-state index in [2.05, 4.69) is 6.58 Å². The number of rotatable bonds is 7. The van der Waals surface area contributed by atoms with Gasteiger partial charge in [0.2, 0.25) is 0 Å². The van der Waals surface area contributed by atoms with E-state index in [1.54, 1.807) is 6.92 Å². The minimum Gasteiger partial charge on any atom is -0.461 e. The first-order chi connectivity index (χ1) is 19.9. The molecule has 43 heavy (non-hydrogen) atoms. The molecule has 3 aliphatic rings. The van der Waals surface area contributed by atoms with Crippen LogP contribution in [0.1, 0.15) is 94.9 Å². The molecule has 3 aliphatic carbocycles. The molecule has 0 aromatic carbocycles. The molecule has 2 fully saturated rings. The number of hydrogen-bond donors (Lipinski definition) is 0. The van der Waals surface area contributed by atoms with E-state index >= 15 is 0 Å². The summed E-state index contributed by atoms with van der Waals surface area (Å²) in [6.45, 7) is 21.0. The standard InChI is InChI=1S/C33H48O10/c1-12-16(2)31(38)43-24-15-17(3)25-29(41-21(7)36)30(42-22(8)37)33(11)14-13-23(39-19(5)34)18(4)26(33)28(40-20(6)35)27(24)32(25,9)10/h16,23-24,26-30H,4,12-15H2,1-3,5-11H3/t16-,23+,24+,26+,27+,28+,29-,30+,33-/m1/s1. The second kappa shape index (κ2) is 12.8. The zero-order chi connectivity index (χ0) is 32.6. The lowest BCUT2D eigenvalue weighted by atomic mass is 9.49. The van der Waals surface area contributed by atoms with Crippen LogP contribution < -0.4 is 0 Å². The summed E-state index contributed by atoms with van der Waals surface area (Å²) >= 11 is 0. The monoisotopic (exact) mass is 604 g/mol. The van der Waals surface area contributed by atoms with Crippen molar-refractivity contribution in [2.75, 3.05) is 0 Å². The lowest BCUT2D eigenvalue weighted by Crippen LogP contribution is -2.65. The molecule has 3 rings (SSSR count). The first-order valence-electron chi connectivity index (χ1n) is 15.1. The predicted molar refractivity (Wildman–Crippen MR) is 156 cm³/mol. The third-order valence-electron chi connectivity index (χ3n) is 9.73. The summed E-state index contributed by atoms with van der Waals surface area (Å²) in [5.41, 5.74) is 0.174. The number of ether oxygens (including phenoxy) is 5. The molecule has 10 heteroatoms. The lowest BCUT2D eigenvalue weighted by molar-refractivity contribution is -0.212. The lowest BCUT2D eigenvalue weighted by Gasteiger charge is -2.60. The Morgan fingerprint density at radius 3 is 1.95 bits per heavy atom. The fourth-order valence-electron chi connectivity index (χ4n) is 7.87. The fraction of sp³-hybridized carbons (Fsp3) is 0.727. The fourth-order valence-corrected chi connectivity index (χ4v) is 7.87. The average molecular weight is 605 g/mol. The van der Waals surface area contributed by atoms with E-state index in [1.807, 2.05) is 34.6 Å². The van der Waals surface area contributed by atoms with Crippen LogP contribution in [0.15, 0.2) is 23.3 Å². The average Bonchev–Trinajstić information content (AvgIpc) is 2.85. The largest absolute Gasteiger partial charge is 0.461 e. The van der Waals surface area contributed by atoms with Crippen LogP contribution in [-0.4, -0.2) is 60.4 Å². The van der Waals surface area contributed by atoms with E-state index in [0.717, 1.165) is 11.1 Å². The van der Waals surface area contributed by atoms with Gasteiger partial charge in [-0.2, -0.15) is 0 Å². The molecule has 0 aromatic rings. The zero-order valence-corrected chi connectivity index (χ0v) is 27.2. The molecule has 0 N–H and O–H groups in total. The quantitative estimate of drug-likeness (QED) is 0.222. The Kier molecular flexibility index (Phi) is 10.2. The van der Waals surface area contributed by atoms with Crippen LogP contribution in [-0.2, 0) is 47.7 Å². The molecule has 0 aliphatic heterocycles. The summed E-state index contributed by atoms with van der Waals surface area (Å²) in [5.74, 6) is -4.21. The van der Waals surface area contributed by atoms with Crippen LogP contribution in [0.2, 0.25) is 0 Å². The summed E-state index contributed by atoms with van der Waals surface area (Å²) in [6.07, 6.45) is -2.67. The molecule has 240 valence electrons. The van der Waals surface area contributed by atoms with Crippen molar-refractivity contribution in [2.24, 2.45) is 28.6 Å². The number of carbonyl (C=O) groups excluding carboxylic acids is 5. The van der Waals surface area contributed by atoms with Crippen LogP contribution in [0.5, 0.6) is 0 Å². The Labute approximate surface area is 254 Å². The molecule has 0 spiro atoms. The molecule has 0 saturated heterocycles. The Hall–Kier alpha value is -3.17. The van der Waals surface area contributed by atoms with Gasteiger partial charge in [0, 0.05) is 51.4 Å². The first kappa shape index (κ1) is 34.3. The molecule has 0 radical (unpaired) electrons. The van der Waals surface area contributed by atoms with Gasteiger partial charge >= 0.3 is 29.8 Å².